The van der Waals surface area contributed by atoms with Gasteiger partial charge in [0.05, 0.1) is 6.42 Å². The number of carboxylic acids is 1. The Morgan fingerprint density at radius 3 is 2.69 bits per heavy atom. The summed E-state index contributed by atoms with van der Waals surface area (Å²) in [6.07, 6.45) is 4.53. The Labute approximate surface area is 101 Å². The molecular weight excluding hydrogens is 220 g/mol. The summed E-state index contributed by atoms with van der Waals surface area (Å²) < 4.78 is 0. The lowest BCUT2D eigenvalue weighted by Crippen LogP contribution is -2.04. The largest absolute Gasteiger partial charge is 0.481 e. The second-order valence-corrected chi connectivity index (χ2v) is 5.34. The molecule has 0 saturated carbocycles. The van der Waals surface area contributed by atoms with Gasteiger partial charge in [0.1, 0.15) is 0 Å². The minimum absolute atomic E-state index is 0.207. The topological polar surface area (TPSA) is 37.3 Å². The molecule has 1 rings (SSSR count). The number of aliphatic carboxylic acids is 1. The van der Waals surface area contributed by atoms with Gasteiger partial charge in [-0.2, -0.15) is 0 Å². The van der Waals surface area contributed by atoms with E-state index in [1.807, 2.05) is 0 Å². The summed E-state index contributed by atoms with van der Waals surface area (Å²) >= 11 is 1.78. The molecule has 0 aliphatic rings. The van der Waals surface area contributed by atoms with Crippen molar-refractivity contribution < 1.29 is 9.90 Å². The Bertz CT molecular complexity index is 330. The Balaban J connectivity index is 2.71. The molecule has 1 aromatic heterocycles. The van der Waals surface area contributed by atoms with Crippen LogP contribution in [0.15, 0.2) is 12.1 Å². The van der Waals surface area contributed by atoms with Crippen LogP contribution in [0.25, 0.3) is 0 Å². The highest BCUT2D eigenvalue weighted by Gasteiger charge is 2.16. The zero-order valence-corrected chi connectivity index (χ0v) is 10.8. The van der Waals surface area contributed by atoms with Crippen LogP contribution in [0.2, 0.25) is 0 Å². The number of thiophene rings is 1. The maximum absolute atomic E-state index is 10.8. The molecule has 1 aromatic rings. The van der Waals surface area contributed by atoms with Gasteiger partial charge < -0.3 is 5.11 Å². The summed E-state index contributed by atoms with van der Waals surface area (Å²) in [5.74, 6) is -0.484. The van der Waals surface area contributed by atoms with Gasteiger partial charge in [-0.1, -0.05) is 26.7 Å². The predicted octanol–water partition coefficient (Wildman–Crippen LogP) is 4.06. The standard InChI is InChI=1S/C13H20O2S/c1-3-5-10(9-13(14)15)12-8-7-11(16-12)6-4-2/h7-8,10H,3-6,9H2,1-2H3,(H,14,15). The SMILES string of the molecule is CCCc1ccc(C(CCC)CC(=O)O)s1. The van der Waals surface area contributed by atoms with E-state index in [9.17, 15) is 4.79 Å². The average Bonchev–Trinajstić information content (AvgIpc) is 2.66. The van der Waals surface area contributed by atoms with Crippen LogP contribution in [0.1, 0.15) is 55.2 Å². The number of rotatable bonds is 7. The van der Waals surface area contributed by atoms with Crippen molar-refractivity contribution in [2.45, 2.75) is 51.9 Å². The van der Waals surface area contributed by atoms with Crippen molar-refractivity contribution >= 4 is 17.3 Å². The lowest BCUT2D eigenvalue weighted by atomic mass is 9.98. The number of hydrogen-bond acceptors (Lipinski definition) is 2. The predicted molar refractivity (Wildman–Crippen MR) is 68.2 cm³/mol. The Hall–Kier alpha value is -0.830. The second kappa shape index (κ2) is 6.69. The van der Waals surface area contributed by atoms with Crippen molar-refractivity contribution in [1.82, 2.24) is 0 Å². The van der Waals surface area contributed by atoms with Crippen LogP contribution in [0.3, 0.4) is 0 Å². The quantitative estimate of drug-likeness (QED) is 0.780. The number of aryl methyl sites for hydroxylation is 1. The maximum atomic E-state index is 10.8. The first-order chi connectivity index (χ1) is 7.67. The summed E-state index contributed by atoms with van der Waals surface area (Å²) in [6, 6.07) is 4.26. The highest BCUT2D eigenvalue weighted by molar-refractivity contribution is 7.12. The molecule has 0 fully saturated rings. The highest BCUT2D eigenvalue weighted by Crippen LogP contribution is 2.31. The van der Waals surface area contributed by atoms with Crippen LogP contribution < -0.4 is 0 Å². The smallest absolute Gasteiger partial charge is 0.303 e. The summed E-state index contributed by atoms with van der Waals surface area (Å²) in [6.45, 7) is 4.27. The maximum Gasteiger partial charge on any atom is 0.303 e. The summed E-state index contributed by atoms with van der Waals surface area (Å²) in [4.78, 5) is 13.4. The van der Waals surface area contributed by atoms with E-state index < -0.39 is 5.97 Å². The van der Waals surface area contributed by atoms with Gasteiger partial charge in [0.2, 0.25) is 0 Å². The van der Waals surface area contributed by atoms with Gasteiger partial charge >= 0.3 is 5.97 Å². The Morgan fingerprint density at radius 1 is 1.38 bits per heavy atom. The zero-order chi connectivity index (χ0) is 12.0. The third-order valence-electron chi connectivity index (χ3n) is 2.64. The second-order valence-electron chi connectivity index (χ2n) is 4.14. The fraction of sp³-hybridized carbons (Fsp3) is 0.615. The molecular formula is C13H20O2S. The van der Waals surface area contributed by atoms with E-state index in [2.05, 4.69) is 26.0 Å². The van der Waals surface area contributed by atoms with Gasteiger partial charge in [-0.05, 0) is 25.0 Å². The van der Waals surface area contributed by atoms with Crippen LogP contribution in [-0.2, 0) is 11.2 Å². The molecule has 1 heterocycles. The van der Waals surface area contributed by atoms with Crippen molar-refractivity contribution in [2.75, 3.05) is 0 Å². The molecule has 0 aliphatic heterocycles. The molecule has 1 N–H and O–H groups in total. The fourth-order valence-electron chi connectivity index (χ4n) is 1.90. The highest BCUT2D eigenvalue weighted by atomic mass is 32.1. The number of carbonyl (C=O) groups is 1. The zero-order valence-electron chi connectivity index (χ0n) is 10.0. The average molecular weight is 240 g/mol. The molecule has 0 bridgehead atoms. The van der Waals surface area contributed by atoms with Gasteiger partial charge in [0.15, 0.2) is 0 Å². The third-order valence-corrected chi connectivity index (χ3v) is 3.95. The van der Waals surface area contributed by atoms with Crippen molar-refractivity contribution in [3.8, 4) is 0 Å². The Morgan fingerprint density at radius 2 is 2.12 bits per heavy atom. The van der Waals surface area contributed by atoms with Gasteiger partial charge in [0, 0.05) is 15.7 Å². The molecule has 0 amide bonds. The molecule has 2 nitrogen and oxygen atoms in total. The van der Waals surface area contributed by atoms with Crippen LogP contribution in [0.5, 0.6) is 0 Å². The van der Waals surface area contributed by atoms with Crippen LogP contribution in [-0.4, -0.2) is 11.1 Å². The minimum Gasteiger partial charge on any atom is -0.481 e. The molecule has 0 spiro atoms. The van der Waals surface area contributed by atoms with E-state index in [4.69, 9.17) is 5.11 Å². The van der Waals surface area contributed by atoms with E-state index in [0.717, 1.165) is 25.7 Å². The van der Waals surface area contributed by atoms with E-state index in [0.29, 0.717) is 0 Å². The summed E-state index contributed by atoms with van der Waals surface area (Å²) in [5, 5.41) is 8.89. The minimum atomic E-state index is -0.691. The lowest BCUT2D eigenvalue weighted by Gasteiger charge is -2.11. The van der Waals surface area contributed by atoms with Crippen LogP contribution in [0.4, 0.5) is 0 Å². The third kappa shape index (κ3) is 3.97. The lowest BCUT2D eigenvalue weighted by molar-refractivity contribution is -0.137. The van der Waals surface area contributed by atoms with Gasteiger partial charge in [-0.25, -0.2) is 0 Å². The van der Waals surface area contributed by atoms with Crippen molar-refractivity contribution in [3.05, 3.63) is 21.9 Å². The fourth-order valence-corrected chi connectivity index (χ4v) is 3.15. The van der Waals surface area contributed by atoms with E-state index >= 15 is 0 Å². The molecule has 0 aliphatic carbocycles. The van der Waals surface area contributed by atoms with E-state index in [1.165, 1.54) is 9.75 Å². The Kier molecular flexibility index (Phi) is 5.53. The molecule has 3 heteroatoms. The molecule has 1 atom stereocenters. The van der Waals surface area contributed by atoms with E-state index in [-0.39, 0.29) is 12.3 Å². The molecule has 90 valence electrons. The van der Waals surface area contributed by atoms with Gasteiger partial charge in [-0.15, -0.1) is 11.3 Å². The molecule has 16 heavy (non-hydrogen) atoms. The first-order valence-corrected chi connectivity index (χ1v) is 6.79. The molecule has 0 radical (unpaired) electrons. The molecule has 1 unspecified atom stereocenters. The summed E-state index contributed by atoms with van der Waals surface area (Å²) in [5.41, 5.74) is 0. The number of hydrogen-bond donors (Lipinski definition) is 1. The van der Waals surface area contributed by atoms with Crippen LogP contribution in [0, 0.1) is 0 Å². The summed E-state index contributed by atoms with van der Waals surface area (Å²) in [7, 11) is 0. The van der Waals surface area contributed by atoms with Crippen molar-refractivity contribution in [3.63, 3.8) is 0 Å². The first-order valence-electron chi connectivity index (χ1n) is 5.97. The van der Waals surface area contributed by atoms with Gasteiger partial charge in [-0.3, -0.25) is 4.79 Å². The molecule has 0 aromatic carbocycles. The van der Waals surface area contributed by atoms with E-state index in [1.54, 1.807) is 11.3 Å². The molecule has 0 saturated heterocycles. The monoisotopic (exact) mass is 240 g/mol. The normalized spacial score (nSPS) is 12.6. The first kappa shape index (κ1) is 13.2. The van der Waals surface area contributed by atoms with Crippen molar-refractivity contribution in [1.29, 1.82) is 0 Å². The van der Waals surface area contributed by atoms with Gasteiger partial charge in [0.25, 0.3) is 0 Å². The van der Waals surface area contributed by atoms with Crippen molar-refractivity contribution in [2.24, 2.45) is 0 Å². The van der Waals surface area contributed by atoms with Crippen LogP contribution >= 0.6 is 11.3 Å². The number of carboxylic acid groups (broad SMARTS) is 1.